The maximum absolute atomic E-state index is 12.2. The number of amides is 1. The van der Waals surface area contributed by atoms with Gasteiger partial charge < -0.3 is 15.7 Å². The average Bonchev–Trinajstić information content (AvgIpc) is 2.30. The number of carboxylic acid groups (broad SMARTS) is 1. The lowest BCUT2D eigenvalue weighted by Gasteiger charge is -2.31. The maximum atomic E-state index is 12.2. The Morgan fingerprint density at radius 1 is 1.39 bits per heavy atom. The van der Waals surface area contributed by atoms with E-state index in [0.717, 1.165) is 0 Å². The predicted octanol–water partition coefficient (Wildman–Crippen LogP) is 1.97. The van der Waals surface area contributed by atoms with E-state index in [2.05, 4.69) is 15.9 Å². The highest BCUT2D eigenvalue weighted by Crippen LogP contribution is 2.24. The second-order valence-electron chi connectivity index (χ2n) is 4.47. The van der Waals surface area contributed by atoms with E-state index in [1.54, 1.807) is 12.1 Å². The standard InChI is InChI=1S/C12H15BrN2O3/c1-12(2,11(17)18)15(3)10(16)8-6-7(14)4-5-9(8)13/h4-6H,14H2,1-3H3,(H,17,18). The zero-order chi connectivity index (χ0) is 14.1. The average molecular weight is 315 g/mol. The van der Waals surface area contributed by atoms with Gasteiger partial charge in [-0.3, -0.25) is 4.79 Å². The lowest BCUT2D eigenvalue weighted by atomic mass is 10.0. The molecule has 0 aliphatic heterocycles. The Kier molecular flexibility index (Phi) is 4.01. The molecule has 0 fully saturated rings. The molecule has 0 atom stereocenters. The van der Waals surface area contributed by atoms with Crippen LogP contribution in [0.5, 0.6) is 0 Å². The van der Waals surface area contributed by atoms with E-state index in [9.17, 15) is 9.59 Å². The Morgan fingerprint density at radius 2 is 1.94 bits per heavy atom. The van der Waals surface area contributed by atoms with E-state index in [-0.39, 0.29) is 0 Å². The molecule has 0 aromatic heterocycles. The summed E-state index contributed by atoms with van der Waals surface area (Å²) in [7, 11) is 1.45. The van der Waals surface area contributed by atoms with Crippen LogP contribution in [0.2, 0.25) is 0 Å². The van der Waals surface area contributed by atoms with Gasteiger partial charge in [0.2, 0.25) is 0 Å². The first-order chi connectivity index (χ1) is 8.17. The van der Waals surface area contributed by atoms with Crippen molar-refractivity contribution < 1.29 is 14.7 Å². The zero-order valence-corrected chi connectivity index (χ0v) is 12.0. The van der Waals surface area contributed by atoms with Gasteiger partial charge in [0.05, 0.1) is 5.56 Å². The molecule has 1 aromatic rings. The Morgan fingerprint density at radius 3 is 2.44 bits per heavy atom. The van der Waals surface area contributed by atoms with Crippen LogP contribution in [0.15, 0.2) is 22.7 Å². The first kappa shape index (κ1) is 14.5. The minimum Gasteiger partial charge on any atom is -0.480 e. The van der Waals surface area contributed by atoms with Crippen LogP contribution in [0.4, 0.5) is 5.69 Å². The van der Waals surface area contributed by atoms with Gasteiger partial charge in [-0.1, -0.05) is 0 Å². The number of carboxylic acids is 1. The molecule has 0 bridgehead atoms. The summed E-state index contributed by atoms with van der Waals surface area (Å²) in [6.45, 7) is 2.93. The molecule has 0 radical (unpaired) electrons. The molecule has 98 valence electrons. The van der Waals surface area contributed by atoms with E-state index >= 15 is 0 Å². The number of rotatable bonds is 3. The highest BCUT2D eigenvalue weighted by atomic mass is 79.9. The molecule has 5 nitrogen and oxygen atoms in total. The topological polar surface area (TPSA) is 83.6 Å². The number of aliphatic carboxylic acids is 1. The highest BCUT2D eigenvalue weighted by molar-refractivity contribution is 9.10. The molecule has 0 aliphatic rings. The largest absolute Gasteiger partial charge is 0.480 e. The van der Waals surface area contributed by atoms with E-state index < -0.39 is 17.4 Å². The molecule has 0 spiro atoms. The third-order valence-corrected chi connectivity index (χ3v) is 3.58. The van der Waals surface area contributed by atoms with Crippen molar-refractivity contribution >= 4 is 33.5 Å². The van der Waals surface area contributed by atoms with Crippen molar-refractivity contribution in [1.82, 2.24) is 4.90 Å². The number of nitrogens with two attached hydrogens (primary N) is 1. The number of benzene rings is 1. The molecule has 1 rings (SSSR count). The van der Waals surface area contributed by atoms with Gasteiger partial charge in [-0.25, -0.2) is 4.79 Å². The number of likely N-dealkylation sites (N-methyl/N-ethyl adjacent to an activating group) is 1. The number of carbonyl (C=O) groups is 2. The van der Waals surface area contributed by atoms with E-state index in [1.807, 2.05) is 0 Å². The molecule has 6 heteroatoms. The first-order valence-corrected chi connectivity index (χ1v) is 6.03. The van der Waals surface area contributed by atoms with Crippen molar-refractivity contribution in [2.45, 2.75) is 19.4 Å². The van der Waals surface area contributed by atoms with Crippen molar-refractivity contribution in [3.63, 3.8) is 0 Å². The third kappa shape index (κ3) is 2.64. The summed E-state index contributed by atoms with van der Waals surface area (Å²) in [6.07, 6.45) is 0. The number of hydrogen-bond donors (Lipinski definition) is 2. The van der Waals surface area contributed by atoms with Gasteiger partial charge in [-0.2, -0.15) is 0 Å². The SMILES string of the molecule is CN(C(=O)c1cc(N)ccc1Br)C(C)(C)C(=O)O. The highest BCUT2D eigenvalue weighted by Gasteiger charge is 2.36. The quantitative estimate of drug-likeness (QED) is 0.835. The minimum atomic E-state index is -1.29. The van der Waals surface area contributed by atoms with Gasteiger partial charge in [0, 0.05) is 17.2 Å². The zero-order valence-electron chi connectivity index (χ0n) is 10.4. The second-order valence-corrected chi connectivity index (χ2v) is 5.32. The third-order valence-electron chi connectivity index (χ3n) is 2.89. The van der Waals surface area contributed by atoms with Gasteiger partial charge in [0.25, 0.3) is 5.91 Å². The summed E-state index contributed by atoms with van der Waals surface area (Å²) in [5.74, 6) is -1.47. The lowest BCUT2D eigenvalue weighted by molar-refractivity contribution is -0.147. The summed E-state index contributed by atoms with van der Waals surface area (Å²) in [4.78, 5) is 24.5. The van der Waals surface area contributed by atoms with Crippen LogP contribution in [-0.4, -0.2) is 34.5 Å². The number of anilines is 1. The molecule has 0 saturated carbocycles. The van der Waals surface area contributed by atoms with Crippen LogP contribution in [0, 0.1) is 0 Å². The fraction of sp³-hybridized carbons (Fsp3) is 0.333. The summed E-state index contributed by atoms with van der Waals surface area (Å²) in [5.41, 5.74) is 5.12. The minimum absolute atomic E-state index is 0.340. The van der Waals surface area contributed by atoms with Gasteiger partial charge in [-0.15, -0.1) is 0 Å². The molecular weight excluding hydrogens is 300 g/mol. The lowest BCUT2D eigenvalue weighted by Crippen LogP contribution is -2.50. The van der Waals surface area contributed by atoms with Crippen LogP contribution >= 0.6 is 15.9 Å². The van der Waals surface area contributed by atoms with Gasteiger partial charge in [-0.05, 0) is 48.0 Å². The predicted molar refractivity (Wildman–Crippen MR) is 72.4 cm³/mol. The fourth-order valence-electron chi connectivity index (χ4n) is 1.28. The molecular formula is C12H15BrN2O3. The summed E-state index contributed by atoms with van der Waals surface area (Å²) < 4.78 is 0.578. The number of nitrogens with zero attached hydrogens (tertiary/aromatic N) is 1. The number of hydrogen-bond acceptors (Lipinski definition) is 3. The van der Waals surface area contributed by atoms with E-state index in [4.69, 9.17) is 10.8 Å². The molecule has 1 aromatic carbocycles. The van der Waals surface area contributed by atoms with Crippen LogP contribution in [0.1, 0.15) is 24.2 Å². The molecule has 1 amide bonds. The monoisotopic (exact) mass is 314 g/mol. The maximum Gasteiger partial charge on any atom is 0.329 e. The fourth-order valence-corrected chi connectivity index (χ4v) is 1.70. The second kappa shape index (κ2) is 4.97. The van der Waals surface area contributed by atoms with Gasteiger partial charge in [0.1, 0.15) is 5.54 Å². The number of nitrogen functional groups attached to an aromatic ring is 1. The summed E-state index contributed by atoms with van der Waals surface area (Å²) in [5, 5.41) is 9.10. The van der Waals surface area contributed by atoms with Crippen molar-refractivity contribution in [2.24, 2.45) is 0 Å². The molecule has 0 unspecified atom stereocenters. The van der Waals surface area contributed by atoms with E-state index in [1.165, 1.54) is 31.9 Å². The Labute approximate surface area is 114 Å². The smallest absolute Gasteiger partial charge is 0.329 e. The van der Waals surface area contributed by atoms with Gasteiger partial charge >= 0.3 is 5.97 Å². The Bertz CT molecular complexity index is 500. The van der Waals surface area contributed by atoms with Crippen LogP contribution in [0.25, 0.3) is 0 Å². The van der Waals surface area contributed by atoms with Crippen molar-refractivity contribution in [3.05, 3.63) is 28.2 Å². The Hall–Kier alpha value is -1.56. The normalized spacial score (nSPS) is 11.1. The summed E-state index contributed by atoms with van der Waals surface area (Å²) >= 11 is 3.25. The van der Waals surface area contributed by atoms with Crippen molar-refractivity contribution in [2.75, 3.05) is 12.8 Å². The van der Waals surface area contributed by atoms with Crippen LogP contribution < -0.4 is 5.73 Å². The molecule has 0 aliphatic carbocycles. The molecule has 3 N–H and O–H groups in total. The van der Waals surface area contributed by atoms with Crippen molar-refractivity contribution in [3.8, 4) is 0 Å². The van der Waals surface area contributed by atoms with Crippen molar-refractivity contribution in [1.29, 1.82) is 0 Å². The number of halogens is 1. The van der Waals surface area contributed by atoms with Crippen LogP contribution in [-0.2, 0) is 4.79 Å². The van der Waals surface area contributed by atoms with Gasteiger partial charge in [0.15, 0.2) is 0 Å². The summed E-state index contributed by atoms with van der Waals surface area (Å²) in [6, 6.07) is 4.83. The number of carbonyl (C=O) groups excluding carboxylic acids is 1. The van der Waals surface area contributed by atoms with Crippen LogP contribution in [0.3, 0.4) is 0 Å². The Balaban J connectivity index is 3.15. The first-order valence-electron chi connectivity index (χ1n) is 5.24. The molecule has 18 heavy (non-hydrogen) atoms. The molecule has 0 heterocycles. The molecule has 0 saturated heterocycles. The van der Waals surface area contributed by atoms with E-state index in [0.29, 0.717) is 15.7 Å².